The average Bonchev–Trinajstić information content (AvgIpc) is 2.66. The maximum Gasteiger partial charge on any atom is 0.260 e. The highest BCUT2D eigenvalue weighted by Gasteiger charge is 2.27. The number of hydrogen-bond acceptors (Lipinski definition) is 4. The third-order valence-corrected chi connectivity index (χ3v) is 4.92. The van der Waals surface area contributed by atoms with Crippen molar-refractivity contribution in [1.29, 1.82) is 0 Å². The molecular formula is C20H29N3O3. The second-order valence-electron chi connectivity index (χ2n) is 6.61. The standard InChI is InChI=1S/C20H29N3O3/c1-5-9-21-20(25)17(4)22-10-12-23(13-11-22)19(24)14-26-18-8-6-7-15(2)16(18)3/h5-8,17H,1,9-14H2,2-4H3,(H,21,25). The van der Waals surface area contributed by atoms with Gasteiger partial charge in [0.1, 0.15) is 5.75 Å². The lowest BCUT2D eigenvalue weighted by molar-refractivity contribution is -0.136. The van der Waals surface area contributed by atoms with Crippen LogP contribution in [0.4, 0.5) is 0 Å². The van der Waals surface area contributed by atoms with Crippen LogP contribution in [0.2, 0.25) is 0 Å². The number of nitrogens with zero attached hydrogens (tertiary/aromatic N) is 2. The number of amides is 2. The fraction of sp³-hybridized carbons (Fsp3) is 0.500. The second-order valence-corrected chi connectivity index (χ2v) is 6.61. The highest BCUT2D eigenvalue weighted by atomic mass is 16.5. The third kappa shape index (κ3) is 5.08. The molecule has 1 aromatic carbocycles. The number of piperazine rings is 1. The van der Waals surface area contributed by atoms with Crippen molar-refractivity contribution in [2.75, 3.05) is 39.3 Å². The van der Waals surface area contributed by atoms with Crippen LogP contribution < -0.4 is 10.1 Å². The van der Waals surface area contributed by atoms with E-state index in [9.17, 15) is 9.59 Å². The van der Waals surface area contributed by atoms with E-state index in [0.29, 0.717) is 32.7 Å². The molecule has 1 fully saturated rings. The van der Waals surface area contributed by atoms with Gasteiger partial charge in [-0.3, -0.25) is 14.5 Å². The first-order valence-corrected chi connectivity index (χ1v) is 9.03. The Balaban J connectivity index is 1.80. The Kier molecular flexibility index (Phi) is 7.21. The molecule has 1 aliphatic heterocycles. The highest BCUT2D eigenvalue weighted by Crippen LogP contribution is 2.20. The summed E-state index contributed by atoms with van der Waals surface area (Å²) in [6, 6.07) is 5.63. The van der Waals surface area contributed by atoms with Gasteiger partial charge >= 0.3 is 0 Å². The number of carbonyl (C=O) groups is 2. The summed E-state index contributed by atoms with van der Waals surface area (Å²) < 4.78 is 5.71. The molecule has 1 heterocycles. The van der Waals surface area contributed by atoms with Gasteiger partial charge in [0.15, 0.2) is 6.61 Å². The van der Waals surface area contributed by atoms with Gasteiger partial charge in [-0.25, -0.2) is 0 Å². The van der Waals surface area contributed by atoms with Gasteiger partial charge in [0.25, 0.3) is 5.91 Å². The smallest absolute Gasteiger partial charge is 0.260 e. The first-order valence-electron chi connectivity index (χ1n) is 9.03. The molecule has 1 saturated heterocycles. The van der Waals surface area contributed by atoms with E-state index in [1.165, 1.54) is 0 Å². The third-order valence-electron chi connectivity index (χ3n) is 4.92. The molecule has 0 radical (unpaired) electrons. The van der Waals surface area contributed by atoms with Crippen LogP contribution in [-0.2, 0) is 9.59 Å². The predicted octanol–water partition coefficient (Wildman–Crippen LogP) is 1.52. The first-order chi connectivity index (χ1) is 12.4. The molecule has 2 amide bonds. The molecule has 0 saturated carbocycles. The van der Waals surface area contributed by atoms with Gasteiger partial charge in [-0.05, 0) is 38.0 Å². The molecule has 6 heteroatoms. The van der Waals surface area contributed by atoms with Crippen LogP contribution in [0.1, 0.15) is 18.1 Å². The van der Waals surface area contributed by atoms with Crippen molar-refractivity contribution in [1.82, 2.24) is 15.1 Å². The lowest BCUT2D eigenvalue weighted by Gasteiger charge is -2.37. The van der Waals surface area contributed by atoms with Crippen molar-refractivity contribution in [3.05, 3.63) is 42.0 Å². The van der Waals surface area contributed by atoms with Crippen LogP contribution in [0.15, 0.2) is 30.9 Å². The SMILES string of the molecule is C=CCNC(=O)C(C)N1CCN(C(=O)COc2cccc(C)c2C)CC1. The van der Waals surface area contributed by atoms with Crippen LogP contribution in [0.3, 0.4) is 0 Å². The van der Waals surface area contributed by atoms with E-state index >= 15 is 0 Å². The van der Waals surface area contributed by atoms with Gasteiger partial charge in [-0.2, -0.15) is 0 Å². The van der Waals surface area contributed by atoms with Gasteiger partial charge in [-0.15, -0.1) is 6.58 Å². The number of aryl methyl sites for hydroxylation is 1. The molecule has 1 aromatic rings. The molecule has 6 nitrogen and oxygen atoms in total. The number of rotatable bonds is 7. The Morgan fingerprint density at radius 1 is 1.27 bits per heavy atom. The minimum atomic E-state index is -0.210. The van der Waals surface area contributed by atoms with Gasteiger partial charge in [0, 0.05) is 32.7 Å². The summed E-state index contributed by atoms with van der Waals surface area (Å²) in [6.45, 7) is 12.6. The molecule has 142 valence electrons. The van der Waals surface area contributed by atoms with E-state index in [-0.39, 0.29) is 24.5 Å². The van der Waals surface area contributed by atoms with Crippen molar-refractivity contribution >= 4 is 11.8 Å². The molecule has 0 aliphatic carbocycles. The van der Waals surface area contributed by atoms with Gasteiger partial charge in [0.05, 0.1) is 6.04 Å². The Morgan fingerprint density at radius 3 is 2.62 bits per heavy atom. The van der Waals surface area contributed by atoms with Crippen LogP contribution >= 0.6 is 0 Å². The zero-order valence-electron chi connectivity index (χ0n) is 16.0. The second kappa shape index (κ2) is 9.38. The fourth-order valence-corrected chi connectivity index (χ4v) is 2.96. The van der Waals surface area contributed by atoms with Crippen molar-refractivity contribution in [3.63, 3.8) is 0 Å². The average molecular weight is 359 g/mol. The first kappa shape index (κ1) is 20.0. The van der Waals surface area contributed by atoms with Crippen LogP contribution in [0.25, 0.3) is 0 Å². The maximum absolute atomic E-state index is 12.4. The molecule has 1 aliphatic rings. The van der Waals surface area contributed by atoms with E-state index in [1.807, 2.05) is 39.0 Å². The molecular weight excluding hydrogens is 330 g/mol. The van der Waals surface area contributed by atoms with E-state index < -0.39 is 0 Å². The Bertz CT molecular complexity index is 652. The summed E-state index contributed by atoms with van der Waals surface area (Å²) in [5.41, 5.74) is 2.21. The Morgan fingerprint density at radius 2 is 1.96 bits per heavy atom. The van der Waals surface area contributed by atoms with Gasteiger partial charge in [-0.1, -0.05) is 18.2 Å². The topological polar surface area (TPSA) is 61.9 Å². The van der Waals surface area contributed by atoms with E-state index in [4.69, 9.17) is 4.74 Å². The molecule has 26 heavy (non-hydrogen) atoms. The van der Waals surface area contributed by atoms with E-state index in [2.05, 4.69) is 16.8 Å². The van der Waals surface area contributed by atoms with Crippen LogP contribution in [0.5, 0.6) is 5.75 Å². The zero-order chi connectivity index (χ0) is 19.1. The van der Waals surface area contributed by atoms with E-state index in [1.54, 1.807) is 11.0 Å². The van der Waals surface area contributed by atoms with Crippen molar-refractivity contribution in [3.8, 4) is 5.75 Å². The minimum Gasteiger partial charge on any atom is -0.483 e. The quantitative estimate of drug-likeness (QED) is 0.750. The summed E-state index contributed by atoms with van der Waals surface area (Å²) in [5, 5.41) is 2.81. The summed E-state index contributed by atoms with van der Waals surface area (Å²) in [7, 11) is 0. The monoisotopic (exact) mass is 359 g/mol. The normalized spacial score (nSPS) is 16.0. The van der Waals surface area contributed by atoms with Crippen LogP contribution in [-0.4, -0.2) is 67.0 Å². The van der Waals surface area contributed by atoms with Gasteiger partial charge < -0.3 is 15.0 Å². The number of ether oxygens (including phenoxy) is 1. The summed E-state index contributed by atoms with van der Waals surface area (Å²) >= 11 is 0. The molecule has 1 unspecified atom stereocenters. The van der Waals surface area contributed by atoms with E-state index in [0.717, 1.165) is 16.9 Å². The molecule has 0 bridgehead atoms. The summed E-state index contributed by atoms with van der Waals surface area (Å²) in [6.07, 6.45) is 1.66. The maximum atomic E-state index is 12.4. The Labute approximate surface area is 155 Å². The summed E-state index contributed by atoms with van der Waals surface area (Å²) in [5.74, 6) is 0.724. The van der Waals surface area contributed by atoms with Crippen molar-refractivity contribution < 1.29 is 14.3 Å². The Hall–Kier alpha value is -2.34. The van der Waals surface area contributed by atoms with Crippen molar-refractivity contribution in [2.45, 2.75) is 26.8 Å². The minimum absolute atomic E-state index is 0.0112. The van der Waals surface area contributed by atoms with Crippen LogP contribution in [0, 0.1) is 13.8 Å². The van der Waals surface area contributed by atoms with Gasteiger partial charge in [0.2, 0.25) is 5.91 Å². The molecule has 1 atom stereocenters. The number of nitrogens with one attached hydrogen (secondary N) is 1. The highest BCUT2D eigenvalue weighted by molar-refractivity contribution is 5.81. The number of benzene rings is 1. The van der Waals surface area contributed by atoms with Crippen molar-refractivity contribution in [2.24, 2.45) is 0 Å². The number of carbonyl (C=O) groups excluding carboxylic acids is 2. The lowest BCUT2D eigenvalue weighted by Crippen LogP contribution is -2.55. The lowest BCUT2D eigenvalue weighted by atomic mass is 10.1. The number of hydrogen-bond donors (Lipinski definition) is 1. The zero-order valence-corrected chi connectivity index (χ0v) is 16.0. The summed E-state index contributed by atoms with van der Waals surface area (Å²) in [4.78, 5) is 28.3. The predicted molar refractivity (Wildman–Crippen MR) is 102 cm³/mol. The molecule has 1 N–H and O–H groups in total. The largest absolute Gasteiger partial charge is 0.483 e. The molecule has 0 aromatic heterocycles. The molecule has 0 spiro atoms. The fourth-order valence-electron chi connectivity index (χ4n) is 2.96. The molecule has 2 rings (SSSR count).